The van der Waals surface area contributed by atoms with Gasteiger partial charge in [-0.1, -0.05) is 32.8 Å². The van der Waals surface area contributed by atoms with Crippen molar-refractivity contribution in [3.05, 3.63) is 29.3 Å². The van der Waals surface area contributed by atoms with Gasteiger partial charge in [0.15, 0.2) is 0 Å². The Morgan fingerprint density at radius 2 is 2.00 bits per heavy atom. The zero-order valence-corrected chi connectivity index (χ0v) is 10.9. The van der Waals surface area contributed by atoms with Gasteiger partial charge in [0, 0.05) is 17.8 Å². The van der Waals surface area contributed by atoms with Gasteiger partial charge in [-0.25, -0.2) is 0 Å². The lowest BCUT2D eigenvalue weighted by atomic mass is 10.0. The number of nitrogens with one attached hydrogen (secondary N) is 1. The zero-order chi connectivity index (χ0) is 12.8. The van der Waals surface area contributed by atoms with Gasteiger partial charge in [-0.05, 0) is 30.5 Å². The summed E-state index contributed by atoms with van der Waals surface area (Å²) in [7, 11) is 0. The van der Waals surface area contributed by atoms with Gasteiger partial charge >= 0.3 is 0 Å². The first-order valence-electron chi connectivity index (χ1n) is 6.22. The van der Waals surface area contributed by atoms with Crippen molar-refractivity contribution in [1.29, 1.82) is 0 Å². The molecule has 0 unspecified atom stereocenters. The number of nitrogens with two attached hydrogens (primary N) is 1. The minimum atomic E-state index is -0.0262. The number of nitrogen functional groups attached to an aromatic ring is 1. The Morgan fingerprint density at radius 3 is 2.59 bits per heavy atom. The predicted octanol–water partition coefficient (Wildman–Crippen LogP) is 2.74. The zero-order valence-electron chi connectivity index (χ0n) is 10.9. The second-order valence-corrected chi connectivity index (χ2v) is 4.47. The largest absolute Gasteiger partial charge is 0.399 e. The number of benzene rings is 1. The lowest BCUT2D eigenvalue weighted by molar-refractivity contribution is 0.0946. The lowest BCUT2D eigenvalue weighted by Crippen LogP contribution is -2.29. The number of carbonyl (C=O) groups excluding carboxylic acids is 1. The molecule has 3 nitrogen and oxygen atoms in total. The summed E-state index contributed by atoms with van der Waals surface area (Å²) in [5.41, 5.74) is 7.96. The van der Waals surface area contributed by atoms with Gasteiger partial charge in [-0.3, -0.25) is 4.79 Å². The first-order valence-corrected chi connectivity index (χ1v) is 6.22. The van der Waals surface area contributed by atoms with Crippen molar-refractivity contribution in [2.45, 2.75) is 33.6 Å². The van der Waals surface area contributed by atoms with Crippen LogP contribution in [-0.4, -0.2) is 12.5 Å². The summed E-state index contributed by atoms with van der Waals surface area (Å²) in [5.74, 6) is 0.530. The molecule has 0 aliphatic carbocycles. The van der Waals surface area contributed by atoms with E-state index in [1.165, 1.54) is 0 Å². The second kappa shape index (κ2) is 6.28. The molecule has 0 heterocycles. The van der Waals surface area contributed by atoms with E-state index in [9.17, 15) is 4.79 Å². The van der Waals surface area contributed by atoms with Crippen LogP contribution in [0.1, 0.15) is 42.6 Å². The van der Waals surface area contributed by atoms with Crippen LogP contribution >= 0.6 is 0 Å². The fourth-order valence-electron chi connectivity index (χ4n) is 1.79. The van der Waals surface area contributed by atoms with Crippen molar-refractivity contribution in [2.24, 2.45) is 5.92 Å². The Balaban J connectivity index is 2.66. The van der Waals surface area contributed by atoms with Gasteiger partial charge < -0.3 is 11.1 Å². The monoisotopic (exact) mass is 234 g/mol. The van der Waals surface area contributed by atoms with E-state index in [1.54, 1.807) is 6.07 Å². The molecule has 1 rings (SSSR count). The van der Waals surface area contributed by atoms with E-state index < -0.39 is 0 Å². The topological polar surface area (TPSA) is 55.1 Å². The third-order valence-electron chi connectivity index (χ3n) is 3.21. The Morgan fingerprint density at radius 1 is 1.35 bits per heavy atom. The Kier molecular flexibility index (Phi) is 5.01. The van der Waals surface area contributed by atoms with Crippen LogP contribution < -0.4 is 11.1 Å². The molecule has 0 fully saturated rings. The molecule has 0 atom stereocenters. The third-order valence-corrected chi connectivity index (χ3v) is 3.21. The molecule has 0 aromatic heterocycles. The quantitative estimate of drug-likeness (QED) is 0.770. The van der Waals surface area contributed by atoms with E-state index in [-0.39, 0.29) is 5.91 Å². The third kappa shape index (κ3) is 3.77. The molecule has 0 aliphatic rings. The van der Waals surface area contributed by atoms with Crippen LogP contribution in [0.5, 0.6) is 0 Å². The highest BCUT2D eigenvalue weighted by Gasteiger charge is 2.11. The molecule has 17 heavy (non-hydrogen) atoms. The highest BCUT2D eigenvalue weighted by atomic mass is 16.1. The Labute approximate surface area is 103 Å². The molecule has 3 heteroatoms. The Hall–Kier alpha value is -1.51. The standard InChI is InChI=1S/C14H22N2O/c1-4-11(5-2)9-16-14(17)13-8-12(15)7-6-10(13)3/h6-8,11H,4-5,9,15H2,1-3H3,(H,16,17). The first kappa shape index (κ1) is 13.6. The molecule has 0 radical (unpaired) electrons. The summed E-state index contributed by atoms with van der Waals surface area (Å²) in [6, 6.07) is 5.42. The number of anilines is 1. The number of amides is 1. The molecule has 1 aromatic carbocycles. The van der Waals surface area contributed by atoms with E-state index in [2.05, 4.69) is 19.2 Å². The van der Waals surface area contributed by atoms with E-state index in [4.69, 9.17) is 5.73 Å². The normalized spacial score (nSPS) is 10.6. The van der Waals surface area contributed by atoms with Gasteiger partial charge in [0.2, 0.25) is 0 Å². The van der Waals surface area contributed by atoms with Crippen LogP contribution in [0.15, 0.2) is 18.2 Å². The molecule has 0 bridgehead atoms. The van der Waals surface area contributed by atoms with Crippen LogP contribution in [0.3, 0.4) is 0 Å². The lowest BCUT2D eigenvalue weighted by Gasteiger charge is -2.14. The molecule has 0 spiro atoms. The minimum Gasteiger partial charge on any atom is -0.399 e. The van der Waals surface area contributed by atoms with Gasteiger partial charge in [-0.15, -0.1) is 0 Å². The van der Waals surface area contributed by atoms with Crippen molar-refractivity contribution in [3.8, 4) is 0 Å². The molecule has 0 saturated carbocycles. The highest BCUT2D eigenvalue weighted by Crippen LogP contribution is 2.13. The van der Waals surface area contributed by atoms with Crippen molar-refractivity contribution >= 4 is 11.6 Å². The average molecular weight is 234 g/mol. The van der Waals surface area contributed by atoms with Crippen molar-refractivity contribution in [2.75, 3.05) is 12.3 Å². The van der Waals surface area contributed by atoms with Gasteiger partial charge in [0.1, 0.15) is 0 Å². The number of rotatable bonds is 5. The molecule has 1 aromatic rings. The van der Waals surface area contributed by atoms with E-state index in [0.29, 0.717) is 17.2 Å². The second-order valence-electron chi connectivity index (χ2n) is 4.47. The molecular weight excluding hydrogens is 212 g/mol. The predicted molar refractivity (Wildman–Crippen MR) is 72.0 cm³/mol. The van der Waals surface area contributed by atoms with Crippen LogP contribution in [0, 0.1) is 12.8 Å². The number of hydrogen-bond acceptors (Lipinski definition) is 2. The van der Waals surface area contributed by atoms with Crippen molar-refractivity contribution in [3.63, 3.8) is 0 Å². The highest BCUT2D eigenvalue weighted by molar-refractivity contribution is 5.96. The number of aryl methyl sites for hydroxylation is 1. The van der Waals surface area contributed by atoms with Crippen molar-refractivity contribution < 1.29 is 4.79 Å². The molecule has 94 valence electrons. The first-order chi connectivity index (χ1) is 8.08. The number of carbonyl (C=O) groups is 1. The van der Waals surface area contributed by atoms with Crippen LogP contribution in [0.2, 0.25) is 0 Å². The number of hydrogen-bond donors (Lipinski definition) is 2. The summed E-state index contributed by atoms with van der Waals surface area (Å²) >= 11 is 0. The summed E-state index contributed by atoms with van der Waals surface area (Å²) in [6.45, 7) is 6.95. The SMILES string of the molecule is CCC(CC)CNC(=O)c1cc(N)ccc1C. The summed E-state index contributed by atoms with van der Waals surface area (Å²) < 4.78 is 0. The van der Waals surface area contributed by atoms with Gasteiger partial charge in [0.25, 0.3) is 5.91 Å². The van der Waals surface area contributed by atoms with E-state index >= 15 is 0 Å². The van der Waals surface area contributed by atoms with Crippen LogP contribution in [0.25, 0.3) is 0 Å². The van der Waals surface area contributed by atoms with Crippen molar-refractivity contribution in [1.82, 2.24) is 5.32 Å². The maximum atomic E-state index is 12.0. The molecule has 0 saturated heterocycles. The van der Waals surface area contributed by atoms with E-state index in [0.717, 1.165) is 24.9 Å². The van der Waals surface area contributed by atoms with Gasteiger partial charge in [-0.2, -0.15) is 0 Å². The van der Waals surface area contributed by atoms with Crippen LogP contribution in [0.4, 0.5) is 5.69 Å². The summed E-state index contributed by atoms with van der Waals surface area (Å²) in [6.07, 6.45) is 2.18. The Bertz CT molecular complexity index is 384. The van der Waals surface area contributed by atoms with Gasteiger partial charge in [0.05, 0.1) is 0 Å². The minimum absolute atomic E-state index is 0.0262. The molecular formula is C14H22N2O. The maximum absolute atomic E-state index is 12.0. The summed E-state index contributed by atoms with van der Waals surface area (Å²) in [4.78, 5) is 12.0. The average Bonchev–Trinajstić information content (AvgIpc) is 2.33. The maximum Gasteiger partial charge on any atom is 0.251 e. The molecule has 0 aliphatic heterocycles. The fraction of sp³-hybridized carbons (Fsp3) is 0.500. The van der Waals surface area contributed by atoms with E-state index in [1.807, 2.05) is 19.1 Å². The molecule has 1 amide bonds. The summed E-state index contributed by atoms with van der Waals surface area (Å²) in [5, 5.41) is 2.97. The molecule has 3 N–H and O–H groups in total. The smallest absolute Gasteiger partial charge is 0.251 e. The van der Waals surface area contributed by atoms with Crippen LogP contribution in [-0.2, 0) is 0 Å². The fourth-order valence-corrected chi connectivity index (χ4v) is 1.79.